The fraction of sp³-hybridized carbons (Fsp3) is 0.190. The van der Waals surface area contributed by atoms with E-state index in [9.17, 15) is 13.6 Å². The van der Waals surface area contributed by atoms with Gasteiger partial charge in [0.25, 0.3) is 5.91 Å². The fourth-order valence-electron chi connectivity index (χ4n) is 3.52. The molecular weight excluding hydrogens is 408 g/mol. The van der Waals surface area contributed by atoms with Crippen LogP contribution in [0.4, 0.5) is 20.4 Å². The van der Waals surface area contributed by atoms with E-state index in [0.717, 1.165) is 0 Å². The number of halogens is 2. The van der Waals surface area contributed by atoms with E-state index in [1.165, 1.54) is 24.2 Å². The number of para-hydroxylation sites is 3. The molecule has 31 heavy (non-hydrogen) atoms. The van der Waals surface area contributed by atoms with Crippen molar-refractivity contribution in [3.8, 4) is 11.5 Å². The average Bonchev–Trinajstić information content (AvgIpc) is 3.21. The summed E-state index contributed by atoms with van der Waals surface area (Å²) < 4.78 is 37.5. The first kappa shape index (κ1) is 20.3. The number of methoxy groups -OCH3 is 1. The van der Waals surface area contributed by atoms with Gasteiger partial charge < -0.3 is 20.1 Å². The number of ether oxygens (including phenoxy) is 2. The molecule has 160 valence electrons. The van der Waals surface area contributed by atoms with Gasteiger partial charge in [0.2, 0.25) is 5.95 Å². The van der Waals surface area contributed by atoms with E-state index in [1.54, 1.807) is 49.4 Å². The number of benzene rings is 2. The highest BCUT2D eigenvalue weighted by Gasteiger charge is 2.35. The zero-order valence-electron chi connectivity index (χ0n) is 16.7. The molecule has 0 fully saturated rings. The second-order valence-corrected chi connectivity index (χ2v) is 6.67. The first-order chi connectivity index (χ1) is 15.0. The number of nitrogens with one attached hydrogen (secondary N) is 2. The van der Waals surface area contributed by atoms with Crippen molar-refractivity contribution in [2.24, 2.45) is 0 Å². The Morgan fingerprint density at radius 3 is 2.61 bits per heavy atom. The summed E-state index contributed by atoms with van der Waals surface area (Å²) in [5.41, 5.74) is 1.59. The van der Waals surface area contributed by atoms with Gasteiger partial charge in [0.15, 0.2) is 0 Å². The molecule has 4 rings (SSSR count). The molecule has 0 spiro atoms. The van der Waals surface area contributed by atoms with Crippen molar-refractivity contribution >= 4 is 17.5 Å². The maximum absolute atomic E-state index is 13.4. The minimum absolute atomic E-state index is 0.0544. The molecule has 0 bridgehead atoms. The largest absolute Gasteiger partial charge is 0.495 e. The molecular formula is C21H19F2N5O3. The van der Waals surface area contributed by atoms with Gasteiger partial charge in [0, 0.05) is 11.3 Å². The molecule has 0 unspecified atom stereocenters. The van der Waals surface area contributed by atoms with Gasteiger partial charge in [-0.05, 0) is 25.1 Å². The highest BCUT2D eigenvalue weighted by molar-refractivity contribution is 6.06. The van der Waals surface area contributed by atoms with Gasteiger partial charge in [-0.2, -0.15) is 18.9 Å². The molecule has 0 radical (unpaired) electrons. The Morgan fingerprint density at radius 2 is 1.87 bits per heavy atom. The number of hydrogen-bond donors (Lipinski definition) is 2. The summed E-state index contributed by atoms with van der Waals surface area (Å²) in [5, 5.41) is 10.1. The van der Waals surface area contributed by atoms with Crippen LogP contribution in [0.25, 0.3) is 0 Å². The van der Waals surface area contributed by atoms with Crippen molar-refractivity contribution in [2.75, 3.05) is 17.7 Å². The van der Waals surface area contributed by atoms with Crippen LogP contribution in [0.15, 0.2) is 66.1 Å². The van der Waals surface area contributed by atoms with Crippen LogP contribution in [0, 0.1) is 0 Å². The lowest BCUT2D eigenvalue weighted by atomic mass is 9.94. The monoisotopic (exact) mass is 427 g/mol. The van der Waals surface area contributed by atoms with E-state index in [4.69, 9.17) is 9.47 Å². The van der Waals surface area contributed by atoms with Gasteiger partial charge in [-0.3, -0.25) is 4.79 Å². The molecule has 2 N–H and O–H groups in total. The Morgan fingerprint density at radius 1 is 1.16 bits per heavy atom. The second-order valence-electron chi connectivity index (χ2n) is 6.67. The Balaban J connectivity index is 1.80. The van der Waals surface area contributed by atoms with Crippen molar-refractivity contribution in [1.29, 1.82) is 0 Å². The number of carbonyl (C=O) groups excluding carboxylic acids is 1. The molecule has 0 aliphatic carbocycles. The van der Waals surface area contributed by atoms with Gasteiger partial charge in [-0.1, -0.05) is 30.3 Å². The van der Waals surface area contributed by atoms with E-state index in [1.807, 2.05) is 0 Å². The number of alkyl halides is 2. The van der Waals surface area contributed by atoms with Crippen molar-refractivity contribution < 1.29 is 23.0 Å². The molecule has 3 aromatic rings. The highest BCUT2D eigenvalue weighted by atomic mass is 19.3. The highest BCUT2D eigenvalue weighted by Crippen LogP contribution is 2.39. The summed E-state index contributed by atoms with van der Waals surface area (Å²) in [4.78, 5) is 17.5. The van der Waals surface area contributed by atoms with Gasteiger partial charge >= 0.3 is 6.61 Å². The lowest BCUT2D eigenvalue weighted by Gasteiger charge is -2.29. The van der Waals surface area contributed by atoms with Crippen LogP contribution in [0.2, 0.25) is 0 Å². The van der Waals surface area contributed by atoms with Crippen LogP contribution in [0.1, 0.15) is 18.5 Å². The number of fused-ring (bicyclic) bond motifs is 1. The van der Waals surface area contributed by atoms with E-state index < -0.39 is 18.6 Å². The van der Waals surface area contributed by atoms with Crippen molar-refractivity contribution in [3.05, 3.63) is 71.7 Å². The lowest BCUT2D eigenvalue weighted by molar-refractivity contribution is -0.113. The van der Waals surface area contributed by atoms with E-state index in [0.29, 0.717) is 28.6 Å². The number of carbonyl (C=O) groups is 1. The SMILES string of the molecule is COc1ccccc1NC(=O)C1=C(C)Nc2ncnn2[C@@H]1c1ccccc1OC(F)F. The van der Waals surface area contributed by atoms with Crippen LogP contribution < -0.4 is 20.1 Å². The fourth-order valence-corrected chi connectivity index (χ4v) is 3.52. The maximum Gasteiger partial charge on any atom is 0.387 e. The number of rotatable bonds is 6. The summed E-state index contributed by atoms with van der Waals surface area (Å²) in [6, 6.07) is 12.4. The normalized spacial score (nSPS) is 15.3. The molecule has 8 nitrogen and oxygen atoms in total. The van der Waals surface area contributed by atoms with Gasteiger partial charge in [0.05, 0.1) is 18.4 Å². The summed E-state index contributed by atoms with van der Waals surface area (Å²) >= 11 is 0. The summed E-state index contributed by atoms with van der Waals surface area (Å²) in [6.45, 7) is -1.31. The Kier molecular flexibility index (Phi) is 5.52. The number of amides is 1. The maximum atomic E-state index is 13.4. The molecule has 2 aromatic carbocycles. The first-order valence-corrected chi connectivity index (χ1v) is 9.35. The van der Waals surface area contributed by atoms with E-state index in [-0.39, 0.29) is 11.3 Å². The third-order valence-electron chi connectivity index (χ3n) is 4.82. The summed E-state index contributed by atoms with van der Waals surface area (Å²) in [6.07, 6.45) is 1.32. The van der Waals surface area contributed by atoms with Crippen LogP contribution >= 0.6 is 0 Å². The smallest absolute Gasteiger partial charge is 0.387 e. The minimum atomic E-state index is -3.02. The van der Waals surface area contributed by atoms with Gasteiger partial charge in [-0.25, -0.2) is 4.68 Å². The van der Waals surface area contributed by atoms with Crippen molar-refractivity contribution in [3.63, 3.8) is 0 Å². The second kappa shape index (κ2) is 8.42. The third kappa shape index (κ3) is 3.91. The topological polar surface area (TPSA) is 90.3 Å². The minimum Gasteiger partial charge on any atom is -0.495 e. The van der Waals surface area contributed by atoms with Crippen LogP contribution in [0.5, 0.6) is 11.5 Å². The molecule has 1 aliphatic rings. The molecule has 10 heteroatoms. The third-order valence-corrected chi connectivity index (χ3v) is 4.82. The van der Waals surface area contributed by atoms with Crippen molar-refractivity contribution in [2.45, 2.75) is 19.6 Å². The van der Waals surface area contributed by atoms with Crippen LogP contribution in [-0.4, -0.2) is 34.4 Å². The number of hydrogen-bond acceptors (Lipinski definition) is 6. The standard InChI is InChI=1S/C21H19F2N5O3/c1-12-17(19(29)27-14-8-4-6-10-16(14)30-2)18(28-21(26-12)24-11-25-28)13-7-3-5-9-15(13)31-20(22)23/h3-11,18,20H,1-2H3,(H,27,29)(H,24,25,26)/t18-/m1/s1. The summed E-state index contributed by atoms with van der Waals surface area (Å²) in [7, 11) is 1.50. The molecule has 1 amide bonds. The quantitative estimate of drug-likeness (QED) is 0.622. The number of nitrogens with zero attached hydrogens (tertiary/aromatic N) is 3. The van der Waals surface area contributed by atoms with Gasteiger partial charge in [0.1, 0.15) is 23.9 Å². The Hall–Kier alpha value is -3.95. The lowest BCUT2D eigenvalue weighted by Crippen LogP contribution is -2.32. The molecule has 2 heterocycles. The molecule has 1 aromatic heterocycles. The predicted molar refractivity (Wildman–Crippen MR) is 109 cm³/mol. The Bertz CT molecular complexity index is 1150. The zero-order chi connectivity index (χ0) is 22.0. The first-order valence-electron chi connectivity index (χ1n) is 9.35. The molecule has 0 saturated heterocycles. The number of allylic oxidation sites excluding steroid dienone is 1. The summed E-state index contributed by atoms with van der Waals surface area (Å²) in [5.74, 6) is 0.356. The molecule has 1 atom stereocenters. The van der Waals surface area contributed by atoms with Crippen molar-refractivity contribution in [1.82, 2.24) is 14.8 Å². The molecule has 0 saturated carbocycles. The van der Waals surface area contributed by atoms with Gasteiger partial charge in [-0.15, -0.1) is 0 Å². The Labute approximate surface area is 176 Å². The van der Waals surface area contributed by atoms with Crippen LogP contribution in [-0.2, 0) is 4.79 Å². The van der Waals surface area contributed by atoms with E-state index >= 15 is 0 Å². The predicted octanol–water partition coefficient (Wildman–Crippen LogP) is 3.82. The zero-order valence-corrected chi connectivity index (χ0v) is 16.7. The number of anilines is 2. The average molecular weight is 427 g/mol. The number of aromatic nitrogens is 3. The van der Waals surface area contributed by atoms with Crippen LogP contribution in [0.3, 0.4) is 0 Å². The molecule has 1 aliphatic heterocycles. The van der Waals surface area contributed by atoms with E-state index in [2.05, 4.69) is 20.7 Å².